The summed E-state index contributed by atoms with van der Waals surface area (Å²) in [6.45, 7) is 0. The zero-order valence-corrected chi connectivity index (χ0v) is 12.3. The number of rotatable bonds is 3. The van der Waals surface area contributed by atoms with Crippen LogP contribution in [0.1, 0.15) is 0 Å². The first-order chi connectivity index (χ1) is 11.1. The maximum Gasteiger partial charge on any atom is 0.438 e. The maximum atomic E-state index is 11.2. The third-order valence-electron chi connectivity index (χ3n) is 2.96. The molecule has 0 spiro atoms. The van der Waals surface area contributed by atoms with Crippen LogP contribution in [0.3, 0.4) is 0 Å². The van der Waals surface area contributed by atoms with Gasteiger partial charge in [-0.15, -0.1) is 0 Å². The highest BCUT2D eigenvalue weighted by atomic mass is 35.5. The summed E-state index contributed by atoms with van der Waals surface area (Å²) >= 11 is 5.90. The first kappa shape index (κ1) is 14.8. The zero-order valence-electron chi connectivity index (χ0n) is 11.6. The first-order valence-corrected chi connectivity index (χ1v) is 6.86. The summed E-state index contributed by atoms with van der Waals surface area (Å²) < 4.78 is 0. The van der Waals surface area contributed by atoms with Crippen LogP contribution in [0.5, 0.6) is 0 Å². The van der Waals surface area contributed by atoms with Gasteiger partial charge in [-0.25, -0.2) is 4.99 Å². The van der Waals surface area contributed by atoms with Gasteiger partial charge in [0, 0.05) is 5.02 Å². The number of nitro groups is 1. The predicted molar refractivity (Wildman–Crippen MR) is 82.1 cm³/mol. The van der Waals surface area contributed by atoms with Gasteiger partial charge in [0.15, 0.2) is 0 Å². The molecule has 0 saturated heterocycles. The Bertz CT molecular complexity index is 933. The molecule has 23 heavy (non-hydrogen) atoms. The average Bonchev–Trinajstić information content (AvgIpc) is 2.86. The number of benzene rings is 2. The minimum Gasteiger partial charge on any atom is -0.409 e. The first-order valence-electron chi connectivity index (χ1n) is 6.48. The maximum absolute atomic E-state index is 11.2. The van der Waals surface area contributed by atoms with Crippen molar-refractivity contribution in [1.29, 1.82) is 0 Å². The summed E-state index contributed by atoms with van der Waals surface area (Å²) in [5.74, 6) is -0.573. The van der Waals surface area contributed by atoms with E-state index in [4.69, 9.17) is 11.6 Å². The molecule has 0 aliphatic carbocycles. The van der Waals surface area contributed by atoms with Gasteiger partial charge in [-0.3, -0.25) is 0 Å². The van der Waals surface area contributed by atoms with Gasteiger partial charge in [0.1, 0.15) is 5.69 Å². The smallest absolute Gasteiger partial charge is 0.409 e. The Labute approximate surface area is 134 Å². The zero-order chi connectivity index (χ0) is 16.4. The van der Waals surface area contributed by atoms with Crippen LogP contribution in [-0.2, 0) is 0 Å². The number of hydrogen-bond donors (Lipinski definition) is 1. The molecule has 1 heterocycles. The van der Waals surface area contributed by atoms with Gasteiger partial charge < -0.3 is 15.3 Å². The Hall–Kier alpha value is -3.13. The lowest BCUT2D eigenvalue weighted by Gasteiger charge is -1.99. The van der Waals surface area contributed by atoms with Crippen molar-refractivity contribution >= 4 is 23.1 Å². The minimum absolute atomic E-state index is 0.291. The molecule has 0 aliphatic rings. The van der Waals surface area contributed by atoms with E-state index in [-0.39, 0.29) is 5.49 Å². The highest BCUT2D eigenvalue weighted by molar-refractivity contribution is 6.30. The summed E-state index contributed by atoms with van der Waals surface area (Å²) in [5.41, 5.74) is 0.517. The molecule has 0 amide bonds. The third-order valence-corrected chi connectivity index (χ3v) is 3.20. The van der Waals surface area contributed by atoms with E-state index < -0.39 is 10.7 Å². The molecule has 0 fully saturated rings. The predicted octanol–water partition coefficient (Wildman–Crippen LogP) is 2.71. The Balaban J connectivity index is 2.24. The van der Waals surface area contributed by atoms with Gasteiger partial charge in [0.2, 0.25) is 0 Å². The Morgan fingerprint density at radius 3 is 2.57 bits per heavy atom. The van der Waals surface area contributed by atoms with E-state index in [2.05, 4.69) is 10.1 Å². The van der Waals surface area contributed by atoms with Crippen molar-refractivity contribution in [3.63, 3.8) is 0 Å². The minimum atomic E-state index is -0.713. The van der Waals surface area contributed by atoms with Crippen LogP contribution in [0.25, 0.3) is 5.69 Å². The molecule has 0 unspecified atom stereocenters. The Morgan fingerprint density at radius 2 is 1.91 bits per heavy atom. The van der Waals surface area contributed by atoms with E-state index in [1.807, 2.05) is 0 Å². The van der Waals surface area contributed by atoms with Crippen LogP contribution in [0, 0.1) is 10.1 Å². The fourth-order valence-corrected chi connectivity index (χ4v) is 2.15. The van der Waals surface area contributed by atoms with E-state index in [1.54, 1.807) is 48.5 Å². The van der Waals surface area contributed by atoms with Crippen LogP contribution in [0.4, 0.5) is 11.5 Å². The van der Waals surface area contributed by atoms with Crippen LogP contribution in [-0.4, -0.2) is 24.9 Å². The van der Waals surface area contributed by atoms with Gasteiger partial charge >= 0.3 is 5.82 Å². The summed E-state index contributed by atoms with van der Waals surface area (Å²) in [5, 5.41) is 25.6. The Kier molecular flexibility index (Phi) is 3.82. The molecule has 8 nitrogen and oxygen atoms in total. The van der Waals surface area contributed by atoms with Gasteiger partial charge in [-0.1, -0.05) is 40.7 Å². The fraction of sp³-hybridized carbons (Fsp3) is 0. The van der Waals surface area contributed by atoms with Crippen LogP contribution >= 0.6 is 11.6 Å². The summed E-state index contributed by atoms with van der Waals surface area (Å²) in [7, 11) is 0. The van der Waals surface area contributed by atoms with E-state index in [1.165, 1.54) is 6.07 Å². The molecular formula is C14H10ClN5O3. The van der Waals surface area contributed by atoms with Gasteiger partial charge in [-0.05, 0) is 40.1 Å². The van der Waals surface area contributed by atoms with Crippen LogP contribution in [0.2, 0.25) is 5.02 Å². The molecule has 9 heteroatoms. The number of nitrogens with zero attached hydrogens (tertiary/aromatic N) is 5. The summed E-state index contributed by atoms with van der Waals surface area (Å²) in [4.78, 5) is 16.0. The quantitative estimate of drug-likeness (QED) is 0.453. The highest BCUT2D eigenvalue weighted by Crippen LogP contribution is 2.15. The molecule has 1 aromatic heterocycles. The Morgan fingerprint density at radius 1 is 1.17 bits per heavy atom. The monoisotopic (exact) mass is 331 g/mol. The topological polar surface area (TPSA) is 98.5 Å². The molecule has 0 radical (unpaired) electrons. The molecule has 3 rings (SSSR count). The number of hydrogen-bond acceptors (Lipinski definition) is 5. The summed E-state index contributed by atoms with van der Waals surface area (Å²) in [6, 6.07) is 14.9. The molecule has 1 N–H and O–H groups in total. The van der Waals surface area contributed by atoms with Gasteiger partial charge in [0.25, 0.3) is 5.49 Å². The van der Waals surface area contributed by atoms with E-state index in [9.17, 15) is 15.3 Å². The van der Waals surface area contributed by atoms with Gasteiger partial charge in [0.05, 0.1) is 10.8 Å². The van der Waals surface area contributed by atoms with Crippen molar-refractivity contribution in [2.45, 2.75) is 0 Å². The lowest BCUT2D eigenvalue weighted by molar-refractivity contribution is -0.391. The summed E-state index contributed by atoms with van der Waals surface area (Å²) in [6.07, 6.45) is 0. The van der Waals surface area contributed by atoms with E-state index in [0.29, 0.717) is 21.2 Å². The second-order valence-electron chi connectivity index (χ2n) is 4.51. The van der Waals surface area contributed by atoms with Crippen molar-refractivity contribution < 1.29 is 10.1 Å². The van der Waals surface area contributed by atoms with Crippen molar-refractivity contribution in [3.05, 3.63) is 75.2 Å². The van der Waals surface area contributed by atoms with E-state index >= 15 is 0 Å². The van der Waals surface area contributed by atoms with Crippen LogP contribution in [0.15, 0.2) is 59.6 Å². The van der Waals surface area contributed by atoms with Crippen molar-refractivity contribution in [3.8, 4) is 5.69 Å². The van der Waals surface area contributed by atoms with Crippen molar-refractivity contribution in [2.75, 3.05) is 0 Å². The van der Waals surface area contributed by atoms with Crippen molar-refractivity contribution in [2.24, 2.45) is 4.99 Å². The standard InChI is InChI=1S/C14H10ClN5O3/c15-10-5-4-8-12(9-10)18-17-14(20(22)23)13(19(18)21)16-11-6-2-1-3-7-11/h1-9,21H. The molecule has 0 aliphatic heterocycles. The molecule has 116 valence electrons. The molecule has 0 bridgehead atoms. The second kappa shape index (κ2) is 5.93. The lowest BCUT2D eigenvalue weighted by atomic mass is 10.3. The average molecular weight is 332 g/mol. The number of halogens is 1. The number of para-hydroxylation sites is 1. The van der Waals surface area contributed by atoms with E-state index in [0.717, 1.165) is 4.80 Å². The molecular weight excluding hydrogens is 322 g/mol. The molecule has 0 saturated carbocycles. The largest absolute Gasteiger partial charge is 0.438 e. The van der Waals surface area contributed by atoms with Gasteiger partial charge in [-0.2, -0.15) is 0 Å². The molecule has 0 atom stereocenters. The molecule has 2 aromatic carbocycles. The second-order valence-corrected chi connectivity index (χ2v) is 4.95. The number of aromatic nitrogens is 3. The van der Waals surface area contributed by atoms with Crippen LogP contribution < -0.4 is 5.49 Å². The normalized spacial score (nSPS) is 11.6. The lowest BCUT2D eigenvalue weighted by Crippen LogP contribution is -2.22. The molecule has 3 aromatic rings. The fourth-order valence-electron chi connectivity index (χ4n) is 1.96. The third kappa shape index (κ3) is 2.92. The SMILES string of the molecule is O=[N+]([O-])c1nn(-c2cccc(Cl)c2)n(O)c1=Nc1ccccc1. The highest BCUT2D eigenvalue weighted by Gasteiger charge is 2.24. The van der Waals surface area contributed by atoms with Crippen molar-refractivity contribution in [1.82, 2.24) is 14.7 Å².